The van der Waals surface area contributed by atoms with Gasteiger partial charge in [0.2, 0.25) is 0 Å². The molecule has 1 atom stereocenters. The van der Waals surface area contributed by atoms with Crippen molar-refractivity contribution in [2.75, 3.05) is 19.1 Å². The summed E-state index contributed by atoms with van der Waals surface area (Å²) in [6, 6.07) is 15.3. The number of hydrogen-bond donors (Lipinski definition) is 2. The van der Waals surface area contributed by atoms with Crippen LogP contribution in [0, 0.1) is 17.1 Å². The second kappa shape index (κ2) is 10.3. The predicted octanol–water partition coefficient (Wildman–Crippen LogP) is 2.61. The lowest BCUT2D eigenvalue weighted by Gasteiger charge is -2.36. The first-order valence-corrected chi connectivity index (χ1v) is 11.0. The first-order chi connectivity index (χ1) is 18.2. The largest absolute Gasteiger partial charge is 0.476 e. The van der Waals surface area contributed by atoms with Crippen molar-refractivity contribution in [3.8, 4) is 11.8 Å². The van der Waals surface area contributed by atoms with E-state index in [1.165, 1.54) is 24.4 Å². The van der Waals surface area contributed by atoms with E-state index in [0.29, 0.717) is 5.56 Å². The quantitative estimate of drug-likeness (QED) is 0.465. The molecule has 1 aliphatic rings. The van der Waals surface area contributed by atoms with Crippen molar-refractivity contribution in [2.24, 2.45) is 5.73 Å². The molecular formula is C26H20FN5O6. The number of ether oxygens (including phenoxy) is 2. The average molecular weight is 517 g/mol. The monoisotopic (exact) mass is 517 g/mol. The Bertz CT molecular complexity index is 1550. The van der Waals surface area contributed by atoms with Crippen LogP contribution in [0.15, 0.2) is 83.5 Å². The molecule has 2 aromatic carbocycles. The fourth-order valence-corrected chi connectivity index (χ4v) is 4.17. The van der Waals surface area contributed by atoms with Gasteiger partial charge in [0.25, 0.3) is 0 Å². The number of nitrogens with two attached hydrogens (primary N) is 1. The molecular weight excluding hydrogens is 497 g/mol. The minimum atomic E-state index is -1.28. The minimum Gasteiger partial charge on any atom is -0.476 e. The van der Waals surface area contributed by atoms with E-state index in [0.717, 1.165) is 29.9 Å². The van der Waals surface area contributed by atoms with E-state index < -0.39 is 29.6 Å². The third-order valence-electron chi connectivity index (χ3n) is 5.85. The lowest BCUT2D eigenvalue weighted by molar-refractivity contribution is -0.139. The van der Waals surface area contributed by atoms with E-state index in [1.54, 1.807) is 30.3 Å². The molecule has 1 aromatic heterocycles. The van der Waals surface area contributed by atoms with Crippen LogP contribution in [-0.2, 0) is 19.1 Å². The van der Waals surface area contributed by atoms with Crippen LogP contribution in [0.1, 0.15) is 22.0 Å². The summed E-state index contributed by atoms with van der Waals surface area (Å²) in [5, 5.41) is 23.0. The summed E-state index contributed by atoms with van der Waals surface area (Å²) in [5.74, 6) is -5.33. The highest BCUT2D eigenvalue weighted by atomic mass is 19.1. The summed E-state index contributed by atoms with van der Waals surface area (Å²) in [6.45, 7) is 0. The van der Waals surface area contributed by atoms with Gasteiger partial charge < -0.3 is 20.3 Å². The van der Waals surface area contributed by atoms with Crippen molar-refractivity contribution in [3.63, 3.8) is 0 Å². The van der Waals surface area contributed by atoms with E-state index in [-0.39, 0.29) is 39.7 Å². The molecule has 0 amide bonds. The fourth-order valence-electron chi connectivity index (χ4n) is 4.17. The number of nitriles is 1. The SMILES string of the molecule is COC(=O)C1=C(C(=O)OC)N(c2ccc(-n3ccc(C(=O)O)n3)c(F)c2)C(N)=C(C#N)C1c1ccccc1. The van der Waals surface area contributed by atoms with E-state index in [2.05, 4.69) is 5.10 Å². The van der Waals surface area contributed by atoms with Crippen molar-refractivity contribution in [1.29, 1.82) is 5.26 Å². The van der Waals surface area contributed by atoms with Gasteiger partial charge in [-0.2, -0.15) is 10.4 Å². The van der Waals surface area contributed by atoms with E-state index >= 15 is 4.39 Å². The molecule has 2 heterocycles. The third kappa shape index (κ3) is 4.33. The highest BCUT2D eigenvalue weighted by molar-refractivity contribution is 6.06. The Morgan fingerprint density at radius 3 is 2.32 bits per heavy atom. The van der Waals surface area contributed by atoms with Gasteiger partial charge in [-0.1, -0.05) is 30.3 Å². The summed E-state index contributed by atoms with van der Waals surface area (Å²) in [4.78, 5) is 38.4. The molecule has 1 unspecified atom stereocenters. The van der Waals surface area contributed by atoms with Gasteiger partial charge in [0.15, 0.2) is 11.5 Å². The standard InChI is InChI=1S/C26H20FN5O6/c1-37-25(35)21-20(14-6-4-3-5-7-14)16(13-28)23(29)32(22(21)26(36)38-2)15-8-9-19(17(27)12-15)31-11-10-18(30-31)24(33)34/h3-12,20H,29H2,1-2H3,(H,33,34). The number of anilines is 1. The summed E-state index contributed by atoms with van der Waals surface area (Å²) in [6.07, 6.45) is 1.27. The van der Waals surface area contributed by atoms with E-state index in [9.17, 15) is 19.6 Å². The average Bonchev–Trinajstić information content (AvgIpc) is 3.42. The summed E-state index contributed by atoms with van der Waals surface area (Å²) in [5.41, 5.74) is 5.83. The number of rotatable bonds is 6. The van der Waals surface area contributed by atoms with Crippen molar-refractivity contribution in [3.05, 3.63) is 101 Å². The molecule has 0 spiro atoms. The number of carbonyl (C=O) groups is 3. The number of carboxylic acids is 1. The van der Waals surface area contributed by atoms with Crippen LogP contribution in [0.3, 0.4) is 0 Å². The molecule has 1 aliphatic heterocycles. The van der Waals surface area contributed by atoms with Crippen molar-refractivity contribution in [2.45, 2.75) is 5.92 Å². The molecule has 4 rings (SSSR count). The topological polar surface area (TPSA) is 161 Å². The van der Waals surface area contributed by atoms with Gasteiger partial charge in [-0.15, -0.1) is 0 Å². The van der Waals surface area contributed by atoms with Crippen LogP contribution >= 0.6 is 0 Å². The van der Waals surface area contributed by atoms with Gasteiger partial charge in [0.05, 0.1) is 43.0 Å². The van der Waals surface area contributed by atoms with Gasteiger partial charge in [-0.25, -0.2) is 23.5 Å². The lowest BCUT2D eigenvalue weighted by atomic mass is 9.81. The van der Waals surface area contributed by atoms with E-state index in [4.69, 9.17) is 20.3 Å². The molecule has 3 aromatic rings. The maximum Gasteiger partial charge on any atom is 0.356 e. The Kier molecular flexibility index (Phi) is 6.93. The fraction of sp³-hybridized carbons (Fsp3) is 0.115. The lowest BCUT2D eigenvalue weighted by Crippen LogP contribution is -2.40. The Labute approximate surface area is 215 Å². The first-order valence-electron chi connectivity index (χ1n) is 11.0. The number of esters is 2. The maximum absolute atomic E-state index is 15.3. The number of benzene rings is 2. The highest BCUT2D eigenvalue weighted by Crippen LogP contribution is 2.43. The Balaban J connectivity index is 1.95. The normalized spacial score (nSPS) is 15.2. The van der Waals surface area contributed by atoms with Crippen LogP contribution in [-0.4, -0.2) is 47.0 Å². The molecule has 0 radical (unpaired) electrons. The number of carbonyl (C=O) groups excluding carboxylic acids is 2. The summed E-state index contributed by atoms with van der Waals surface area (Å²) >= 11 is 0. The van der Waals surface area contributed by atoms with Gasteiger partial charge in [-0.05, 0) is 23.8 Å². The van der Waals surface area contributed by atoms with Crippen LogP contribution in [0.4, 0.5) is 10.1 Å². The number of aromatic carboxylic acids is 1. The zero-order chi connectivity index (χ0) is 27.6. The van der Waals surface area contributed by atoms with Crippen molar-refractivity contribution < 1.29 is 33.4 Å². The number of allylic oxidation sites excluding steroid dienone is 1. The molecule has 38 heavy (non-hydrogen) atoms. The van der Waals surface area contributed by atoms with Gasteiger partial charge in [-0.3, -0.25) is 4.90 Å². The second-order valence-corrected chi connectivity index (χ2v) is 7.92. The molecule has 0 aliphatic carbocycles. The molecule has 12 heteroatoms. The summed E-state index contributed by atoms with van der Waals surface area (Å²) in [7, 11) is 2.22. The van der Waals surface area contributed by atoms with Gasteiger partial charge in [0, 0.05) is 12.3 Å². The number of hydrogen-bond acceptors (Lipinski definition) is 9. The zero-order valence-electron chi connectivity index (χ0n) is 20.1. The predicted molar refractivity (Wildman–Crippen MR) is 130 cm³/mol. The number of methoxy groups -OCH3 is 2. The number of halogens is 1. The minimum absolute atomic E-state index is 0.0181. The molecule has 0 saturated heterocycles. The van der Waals surface area contributed by atoms with Crippen LogP contribution in [0.2, 0.25) is 0 Å². The van der Waals surface area contributed by atoms with Crippen LogP contribution < -0.4 is 10.6 Å². The molecule has 3 N–H and O–H groups in total. The molecule has 0 saturated carbocycles. The summed E-state index contributed by atoms with van der Waals surface area (Å²) < 4.78 is 26.2. The molecule has 192 valence electrons. The third-order valence-corrected chi connectivity index (χ3v) is 5.85. The zero-order valence-corrected chi connectivity index (χ0v) is 20.1. The number of nitrogens with zero attached hydrogens (tertiary/aromatic N) is 4. The molecule has 0 fully saturated rings. The maximum atomic E-state index is 15.3. The first kappa shape index (κ1) is 25.6. The van der Waals surface area contributed by atoms with Crippen LogP contribution in [0.5, 0.6) is 0 Å². The Morgan fingerprint density at radius 1 is 1.08 bits per heavy atom. The van der Waals surface area contributed by atoms with Crippen molar-refractivity contribution >= 4 is 23.6 Å². The number of aromatic nitrogens is 2. The van der Waals surface area contributed by atoms with E-state index in [1.807, 2.05) is 6.07 Å². The molecule has 0 bridgehead atoms. The number of carboxylic acid groups (broad SMARTS) is 1. The van der Waals surface area contributed by atoms with Gasteiger partial charge in [0.1, 0.15) is 17.2 Å². The second-order valence-electron chi connectivity index (χ2n) is 7.92. The smallest absolute Gasteiger partial charge is 0.356 e. The van der Waals surface area contributed by atoms with Gasteiger partial charge >= 0.3 is 17.9 Å². The highest BCUT2D eigenvalue weighted by Gasteiger charge is 2.43. The Morgan fingerprint density at radius 2 is 1.76 bits per heavy atom. The van der Waals surface area contributed by atoms with Crippen molar-refractivity contribution in [1.82, 2.24) is 9.78 Å². The Hall–Kier alpha value is -5.44. The molecule has 11 nitrogen and oxygen atoms in total. The van der Waals surface area contributed by atoms with Crippen LogP contribution in [0.25, 0.3) is 5.69 Å².